The van der Waals surface area contributed by atoms with E-state index in [-0.39, 0.29) is 51.4 Å². The van der Waals surface area contributed by atoms with Crippen LogP contribution >= 0.6 is 36.2 Å². The molecule has 17 heavy (non-hydrogen) atoms. The molecule has 0 heterocycles. The zero-order chi connectivity index (χ0) is 14.4. The molecular weight excluding hydrogens is 309 g/mol. The van der Waals surface area contributed by atoms with Gasteiger partial charge in [-0.15, -0.1) is 11.8 Å². The summed E-state index contributed by atoms with van der Waals surface area (Å²) in [6.45, 7) is 5.73. The van der Waals surface area contributed by atoms with Crippen molar-refractivity contribution < 1.29 is 70.6 Å². The smallest absolute Gasteiger partial charge is 0.753 e. The van der Waals surface area contributed by atoms with Crippen LogP contribution in [0.3, 0.4) is 0 Å². The molecule has 5 nitrogen and oxygen atoms in total. The van der Waals surface area contributed by atoms with Crippen LogP contribution in [0.25, 0.3) is 5.41 Å². The van der Waals surface area contributed by atoms with Crippen LogP contribution < -0.4 is 51.4 Å². The summed E-state index contributed by atoms with van der Waals surface area (Å²) in [5, 5.41) is 9.55. The third kappa shape index (κ3) is 177. The maximum Gasteiger partial charge on any atom is 1.00 e. The fourth-order valence-corrected chi connectivity index (χ4v) is 0.125. The van der Waals surface area contributed by atoms with Gasteiger partial charge in [-0.05, 0) is 13.2 Å². The maximum absolute atomic E-state index is 9.55. The summed E-state index contributed by atoms with van der Waals surface area (Å²) in [4.78, 5) is 34.8. The van der Waals surface area contributed by atoms with E-state index < -0.39 is 0 Å². The van der Waals surface area contributed by atoms with Crippen molar-refractivity contribution in [3.05, 3.63) is 10.3 Å². The Labute approximate surface area is 158 Å². The van der Waals surface area contributed by atoms with E-state index in [1.165, 1.54) is 16.9 Å². The van der Waals surface area contributed by atoms with Crippen molar-refractivity contribution in [2.45, 2.75) is 6.92 Å². The average Bonchev–Trinajstić information content (AvgIpc) is 2.35. The molecule has 0 aromatic carbocycles. The van der Waals surface area contributed by atoms with Crippen LogP contribution in [0.5, 0.6) is 0 Å². The van der Waals surface area contributed by atoms with E-state index >= 15 is 0 Å². The number of allylic oxidation sites excluding steroid dienone is 1. The number of hydrogen-bond acceptors (Lipinski definition) is 7. The summed E-state index contributed by atoms with van der Waals surface area (Å²) in [7, 11) is 0. The minimum atomic E-state index is 0. The van der Waals surface area contributed by atoms with Crippen LogP contribution in [0.2, 0.25) is 0 Å². The first-order valence-electron chi connectivity index (χ1n) is 2.98. The monoisotopic (exact) mass is 319 g/mol. The van der Waals surface area contributed by atoms with Gasteiger partial charge in [0.15, 0.2) is 0 Å². The van der Waals surface area contributed by atoms with Crippen LogP contribution in [-0.2, 0) is 19.2 Å². The van der Waals surface area contributed by atoms with E-state index in [2.05, 4.69) is 24.4 Å². The van der Waals surface area contributed by atoms with Gasteiger partial charge in [-0.1, -0.05) is 12.2 Å². The SMILES string of the molecule is C=O.C=O.CSC(C)=C=O.O=C=S.[K+].[N-]=C=S. The second kappa shape index (κ2) is 71.2. The zero-order valence-corrected chi connectivity index (χ0v) is 15.3. The van der Waals surface area contributed by atoms with Crippen LogP contribution in [0.15, 0.2) is 4.91 Å². The van der Waals surface area contributed by atoms with Gasteiger partial charge in [-0.25, -0.2) is 9.59 Å². The maximum atomic E-state index is 9.55. The van der Waals surface area contributed by atoms with Gasteiger partial charge in [0.1, 0.15) is 19.5 Å². The van der Waals surface area contributed by atoms with Gasteiger partial charge in [0.2, 0.25) is 5.23 Å². The van der Waals surface area contributed by atoms with E-state index in [0.717, 1.165) is 5.23 Å². The number of nitrogens with zero attached hydrogens (tertiary/aromatic N) is 1. The molecular formula is C8H10KNO4S3. The molecule has 0 amide bonds. The number of carbonyl (C=O) groups is 2. The third-order valence-corrected chi connectivity index (χ3v) is 1.15. The molecule has 0 unspecified atom stereocenters. The summed E-state index contributed by atoms with van der Waals surface area (Å²) in [5.74, 6) is 1.74. The first-order valence-corrected chi connectivity index (χ1v) is 5.02. The van der Waals surface area contributed by atoms with Gasteiger partial charge in [-0.3, -0.25) is 0 Å². The molecule has 0 saturated heterocycles. The topological polar surface area (TPSA) is 90.6 Å². The first kappa shape index (κ1) is 36.0. The second-order valence-corrected chi connectivity index (χ2v) is 2.41. The quantitative estimate of drug-likeness (QED) is 0.255. The Hall–Kier alpha value is 0.376. The van der Waals surface area contributed by atoms with E-state index in [1.807, 2.05) is 19.8 Å². The van der Waals surface area contributed by atoms with E-state index in [9.17, 15) is 4.79 Å². The van der Waals surface area contributed by atoms with Gasteiger partial charge in [0, 0.05) is 12.2 Å². The normalized spacial score (nSPS) is 3.88. The second-order valence-electron chi connectivity index (χ2n) is 1.04. The standard InChI is InChI=1S/C4H6OS.CNS.COS.2CH2O.K/c1-4(3-5)6-2;2*2-1-3;2*1-2;/h1-2H3;;;2*1H2;/q;-1;;;;+1. The molecule has 9 heteroatoms. The van der Waals surface area contributed by atoms with E-state index in [1.54, 1.807) is 12.9 Å². The van der Waals surface area contributed by atoms with Gasteiger partial charge >= 0.3 is 51.4 Å². The molecule has 0 aliphatic rings. The number of hydrogen-bond donors (Lipinski definition) is 0. The number of isothiocyanates is 1. The molecule has 0 N–H and O–H groups in total. The minimum absolute atomic E-state index is 0. The van der Waals surface area contributed by atoms with Crippen LogP contribution in [0.1, 0.15) is 6.92 Å². The van der Waals surface area contributed by atoms with E-state index in [0.29, 0.717) is 4.91 Å². The summed E-state index contributed by atoms with van der Waals surface area (Å²) in [6, 6.07) is 0. The molecule has 0 fully saturated rings. The summed E-state index contributed by atoms with van der Waals surface area (Å²) in [5.41, 5.74) is 0. The number of rotatable bonds is 1. The van der Waals surface area contributed by atoms with Gasteiger partial charge < -0.3 is 15.0 Å². The van der Waals surface area contributed by atoms with Crippen molar-refractivity contribution in [2.24, 2.45) is 0 Å². The van der Waals surface area contributed by atoms with Crippen molar-refractivity contribution in [2.75, 3.05) is 6.26 Å². The van der Waals surface area contributed by atoms with Gasteiger partial charge in [-0.2, -0.15) is 5.16 Å². The first-order chi connectivity index (χ1) is 7.64. The number of thioether (sulfide) groups is 1. The molecule has 0 bridgehead atoms. The Morgan fingerprint density at radius 2 is 1.35 bits per heavy atom. The summed E-state index contributed by atoms with van der Waals surface area (Å²) >= 11 is 8.70. The van der Waals surface area contributed by atoms with Crippen LogP contribution in [0, 0.1) is 0 Å². The Morgan fingerprint density at radius 1 is 1.18 bits per heavy atom. The van der Waals surface area contributed by atoms with Crippen LogP contribution in [0.4, 0.5) is 0 Å². The Morgan fingerprint density at radius 3 is 1.35 bits per heavy atom. The summed E-state index contributed by atoms with van der Waals surface area (Å²) in [6.07, 6.45) is 1.85. The molecule has 0 aliphatic carbocycles. The Kier molecular flexibility index (Phi) is 151. The van der Waals surface area contributed by atoms with Crippen molar-refractivity contribution in [3.63, 3.8) is 0 Å². The largest absolute Gasteiger partial charge is 1.00 e. The number of thiocarbonyl (C=S) groups is 2. The predicted octanol–water partition coefficient (Wildman–Crippen LogP) is -1.37. The third-order valence-electron chi connectivity index (χ3n) is 0.450. The average molecular weight is 319 g/mol. The van der Waals surface area contributed by atoms with Crippen molar-refractivity contribution in [3.8, 4) is 0 Å². The van der Waals surface area contributed by atoms with Gasteiger partial charge in [0.25, 0.3) is 0 Å². The molecule has 90 valence electrons. The predicted molar refractivity (Wildman–Crippen MR) is 71.9 cm³/mol. The minimum Gasteiger partial charge on any atom is -0.753 e. The molecule has 0 rings (SSSR count). The molecule has 0 radical (unpaired) electrons. The fourth-order valence-electron chi connectivity index (χ4n) is 0.0417. The fraction of sp³-hybridized carbons (Fsp3) is 0.250. The van der Waals surface area contributed by atoms with Crippen molar-refractivity contribution >= 4 is 66.1 Å². The van der Waals surface area contributed by atoms with E-state index in [4.69, 9.17) is 19.8 Å². The molecule has 0 aliphatic heterocycles. The van der Waals surface area contributed by atoms with Crippen LogP contribution in [-0.4, -0.2) is 36.2 Å². The number of carbonyl (C=O) groups excluding carboxylic acids is 4. The zero-order valence-electron chi connectivity index (χ0n) is 9.72. The molecule has 0 atom stereocenters. The molecule has 0 aromatic rings. The summed E-state index contributed by atoms with van der Waals surface area (Å²) < 4.78 is 0. The van der Waals surface area contributed by atoms with Gasteiger partial charge in [0.05, 0.1) is 4.91 Å². The van der Waals surface area contributed by atoms with Crippen molar-refractivity contribution in [1.29, 1.82) is 0 Å². The molecule has 0 spiro atoms. The Bertz CT molecular complexity index is 231. The molecule has 0 saturated carbocycles. The Balaban J connectivity index is -0.0000000240. The molecule has 0 aromatic heterocycles. The van der Waals surface area contributed by atoms with Crippen molar-refractivity contribution in [1.82, 2.24) is 0 Å².